The fourth-order valence-corrected chi connectivity index (χ4v) is 6.19. The maximum Gasteiger partial charge on any atom is 0.410 e. The van der Waals surface area contributed by atoms with Crippen molar-refractivity contribution in [2.75, 3.05) is 6.61 Å². The minimum absolute atomic E-state index is 0.112. The van der Waals surface area contributed by atoms with Crippen LogP contribution in [0.3, 0.4) is 0 Å². The van der Waals surface area contributed by atoms with Gasteiger partial charge in [-0.3, -0.25) is 0 Å². The molecule has 0 heterocycles. The Morgan fingerprint density at radius 3 is 1.93 bits per heavy atom. The van der Waals surface area contributed by atoms with Crippen LogP contribution in [0.4, 0.5) is 0 Å². The van der Waals surface area contributed by atoms with Crippen molar-refractivity contribution >= 4 is 19.4 Å². The first-order chi connectivity index (χ1) is 14.1. The van der Waals surface area contributed by atoms with Gasteiger partial charge in [0.25, 0.3) is 8.00 Å². The Morgan fingerprint density at radius 2 is 1.43 bits per heavy atom. The molecule has 0 aliphatic heterocycles. The summed E-state index contributed by atoms with van der Waals surface area (Å²) in [5.41, 5.74) is -0.144. The molecule has 0 radical (unpaired) electrons. The van der Waals surface area contributed by atoms with Gasteiger partial charge in [0.15, 0.2) is 0 Å². The minimum atomic E-state index is -2.38. The maximum absolute atomic E-state index is 13.1. The van der Waals surface area contributed by atoms with Crippen LogP contribution >= 0.6 is 8.00 Å². The van der Waals surface area contributed by atoms with Gasteiger partial charge in [-0.25, -0.2) is 4.79 Å². The van der Waals surface area contributed by atoms with Crippen molar-refractivity contribution in [2.45, 2.75) is 99.2 Å². The van der Waals surface area contributed by atoms with E-state index in [9.17, 15) is 9.69 Å². The molecular weight excluding hydrogens is 399 g/mol. The van der Waals surface area contributed by atoms with E-state index in [1.54, 1.807) is 6.92 Å². The summed E-state index contributed by atoms with van der Waals surface area (Å²) < 4.78 is 17.4. The number of carbonyl (C=O) groups excluding carboxylic acids is 1. The summed E-state index contributed by atoms with van der Waals surface area (Å²) in [5, 5.41) is 0. The molecule has 2 aliphatic rings. The van der Waals surface area contributed by atoms with Gasteiger partial charge >= 0.3 is 11.4 Å². The molecule has 2 aliphatic carbocycles. The number of rotatable bonds is 8. The van der Waals surface area contributed by atoms with E-state index in [1.165, 1.54) is 6.42 Å². The van der Waals surface area contributed by atoms with E-state index >= 15 is 0 Å². The fourth-order valence-electron chi connectivity index (χ4n) is 5.17. The molecule has 2 fully saturated rings. The summed E-state index contributed by atoms with van der Waals surface area (Å²) in [4.78, 5) is 26.1. The molecule has 0 bridgehead atoms. The molecule has 30 heavy (non-hydrogen) atoms. The Labute approximate surface area is 184 Å². The summed E-state index contributed by atoms with van der Waals surface area (Å²) in [6.07, 6.45) is 5.90. The predicted octanol–water partition coefficient (Wildman–Crippen LogP) is 5.31. The van der Waals surface area contributed by atoms with Crippen molar-refractivity contribution in [1.29, 1.82) is 0 Å². The highest BCUT2D eigenvalue weighted by atomic mass is 31.1. The lowest BCUT2D eigenvalue weighted by atomic mass is 9.75. The summed E-state index contributed by atoms with van der Waals surface area (Å²) >= 11 is 0. The summed E-state index contributed by atoms with van der Waals surface area (Å²) in [6.45, 7) is 15.2. The van der Waals surface area contributed by atoms with Gasteiger partial charge in [0.1, 0.15) is 12.2 Å². The lowest BCUT2D eigenvalue weighted by molar-refractivity contribution is -0.181. The number of hydrogen-bond donors (Lipinski definition) is 0. The van der Waals surface area contributed by atoms with E-state index in [4.69, 9.17) is 14.0 Å². The van der Waals surface area contributed by atoms with Gasteiger partial charge in [-0.15, -0.1) is 0 Å². The van der Waals surface area contributed by atoms with Crippen LogP contribution in [0.2, 0.25) is 0 Å². The lowest BCUT2D eigenvalue weighted by Gasteiger charge is -2.36. The van der Waals surface area contributed by atoms with Crippen LogP contribution in [-0.4, -0.2) is 30.3 Å². The van der Waals surface area contributed by atoms with Crippen LogP contribution in [0, 0.1) is 35.5 Å². The Hall–Kier alpha value is -0.480. The topological polar surface area (TPSA) is 67.8 Å². The van der Waals surface area contributed by atoms with Gasteiger partial charge in [-0.2, -0.15) is 4.52 Å². The van der Waals surface area contributed by atoms with Crippen molar-refractivity contribution in [2.24, 2.45) is 35.5 Å². The van der Waals surface area contributed by atoms with E-state index < -0.39 is 14.0 Å². The monoisotopic (exact) mass is 442 g/mol. The second-order valence-electron chi connectivity index (χ2n) is 10.2. The average molecular weight is 443 g/mol. The molecule has 6 heteroatoms. The normalized spacial score (nSPS) is 33.5. The molecule has 2 rings (SSSR count). The molecule has 0 spiro atoms. The van der Waals surface area contributed by atoms with Gasteiger partial charge in [0.05, 0.1) is 6.61 Å². The quantitative estimate of drug-likeness (QED) is 0.377. The molecule has 0 N–H and O–H groups in total. The first-order valence-electron chi connectivity index (χ1n) is 12.0. The summed E-state index contributed by atoms with van der Waals surface area (Å²) in [6, 6.07) is 0. The van der Waals surface area contributed by atoms with Crippen molar-refractivity contribution in [3.8, 4) is 0 Å². The molecule has 0 aromatic carbocycles. The zero-order chi connectivity index (χ0) is 22.4. The molecule has 0 saturated heterocycles. The predicted molar refractivity (Wildman–Crippen MR) is 121 cm³/mol. The second kappa shape index (κ2) is 11.9. The first-order valence-corrected chi connectivity index (χ1v) is 13.2. The molecular formula is C24H43O5P. The maximum atomic E-state index is 13.1. The third kappa shape index (κ3) is 7.02. The van der Waals surface area contributed by atoms with Crippen LogP contribution in [0.15, 0.2) is 0 Å². The number of hydrogen-bond acceptors (Lipinski definition) is 5. The lowest BCUT2D eigenvalue weighted by Crippen LogP contribution is -2.38. The Bertz CT molecular complexity index is 588. The largest absolute Gasteiger partial charge is 0.601 e. The van der Waals surface area contributed by atoms with Gasteiger partial charge in [-0.05, 0) is 68.1 Å². The van der Waals surface area contributed by atoms with Crippen LogP contribution < -0.4 is 4.89 Å². The fraction of sp³-hybridized carbons (Fsp3) is 0.917. The van der Waals surface area contributed by atoms with Gasteiger partial charge in [0.2, 0.25) is 0 Å². The Morgan fingerprint density at radius 1 is 0.933 bits per heavy atom. The third-order valence-corrected chi connectivity index (χ3v) is 8.14. The highest BCUT2D eigenvalue weighted by molar-refractivity contribution is 7.48. The van der Waals surface area contributed by atoms with Gasteiger partial charge in [0, 0.05) is 0 Å². The molecule has 0 amide bonds. The third-order valence-electron chi connectivity index (χ3n) is 7.03. The Kier molecular flexibility index (Phi) is 10.3. The first kappa shape index (κ1) is 25.8. The smallest absolute Gasteiger partial charge is 0.410 e. The molecule has 5 nitrogen and oxygen atoms in total. The van der Waals surface area contributed by atoms with Gasteiger partial charge in [-0.1, -0.05) is 54.4 Å². The number of carbonyl (C=O) groups is 1. The van der Waals surface area contributed by atoms with E-state index in [1.807, 2.05) is 0 Å². The molecule has 0 aromatic heterocycles. The summed E-state index contributed by atoms with van der Waals surface area (Å²) in [5.74, 6) is 2.02. The zero-order valence-electron chi connectivity index (χ0n) is 20.1. The van der Waals surface area contributed by atoms with Crippen molar-refractivity contribution in [3.63, 3.8) is 0 Å². The second-order valence-corrected chi connectivity index (χ2v) is 11.4. The SMILES string of the molecule is CCOC(C(=O)OC1CC(C)CCC1C(C)C)=[P+]([O-])OC1CC(C)CCC1C(C)C. The van der Waals surface area contributed by atoms with Crippen LogP contribution in [0.5, 0.6) is 0 Å². The average Bonchev–Trinajstić information content (AvgIpc) is 2.65. The number of ether oxygens (including phenoxy) is 2. The highest BCUT2D eigenvalue weighted by Crippen LogP contribution is 2.40. The molecule has 0 aromatic rings. The van der Waals surface area contributed by atoms with Crippen LogP contribution in [0.1, 0.15) is 87.0 Å². The highest BCUT2D eigenvalue weighted by Gasteiger charge is 2.39. The standard InChI is InChI=1S/C24H43O5P/c1-8-27-24(23(25)28-21-13-17(6)9-11-19(21)15(2)3)30(26)29-22-14-18(7)10-12-20(22)16(4)5/h15-22H,8-14H2,1-7H3. The minimum Gasteiger partial charge on any atom is -0.601 e. The molecule has 7 unspecified atom stereocenters. The number of esters is 1. The molecule has 7 atom stereocenters. The van der Waals surface area contributed by atoms with E-state index in [-0.39, 0.29) is 24.3 Å². The Balaban J connectivity index is 2.16. The van der Waals surface area contributed by atoms with Crippen LogP contribution in [-0.2, 0) is 18.8 Å². The zero-order valence-corrected chi connectivity index (χ0v) is 21.0. The van der Waals surface area contributed by atoms with Crippen molar-refractivity contribution in [1.82, 2.24) is 0 Å². The molecule has 174 valence electrons. The molecule has 2 saturated carbocycles. The van der Waals surface area contributed by atoms with Crippen molar-refractivity contribution in [3.05, 3.63) is 0 Å². The van der Waals surface area contributed by atoms with Crippen LogP contribution in [0.25, 0.3) is 0 Å². The van der Waals surface area contributed by atoms with E-state index in [0.29, 0.717) is 35.5 Å². The van der Waals surface area contributed by atoms with E-state index in [0.717, 1.165) is 32.1 Å². The summed E-state index contributed by atoms with van der Waals surface area (Å²) in [7, 11) is -2.38. The van der Waals surface area contributed by atoms with E-state index in [2.05, 4.69) is 41.5 Å². The van der Waals surface area contributed by atoms with Crippen molar-refractivity contribution < 1.29 is 23.7 Å². The van der Waals surface area contributed by atoms with Gasteiger partial charge < -0.3 is 14.4 Å².